The molecule has 3 N–H and O–H groups in total. The highest BCUT2D eigenvalue weighted by Gasteiger charge is 2.12. The Balaban J connectivity index is 0.00000256. The second-order valence-corrected chi connectivity index (χ2v) is 5.20. The highest BCUT2D eigenvalue weighted by molar-refractivity contribution is 5.85. The fourth-order valence-corrected chi connectivity index (χ4v) is 2.37. The van der Waals surface area contributed by atoms with Gasteiger partial charge in [-0.2, -0.15) is 0 Å². The van der Waals surface area contributed by atoms with Gasteiger partial charge in [0.05, 0.1) is 0 Å². The lowest BCUT2D eigenvalue weighted by Gasteiger charge is -2.20. The summed E-state index contributed by atoms with van der Waals surface area (Å²) in [4.78, 5) is 11.5. The van der Waals surface area contributed by atoms with Crippen LogP contribution in [0.25, 0.3) is 0 Å². The van der Waals surface area contributed by atoms with E-state index in [1.54, 1.807) is 0 Å². The number of hydrogen-bond donors (Lipinski definition) is 2. The van der Waals surface area contributed by atoms with Crippen molar-refractivity contribution < 1.29 is 4.79 Å². The van der Waals surface area contributed by atoms with Gasteiger partial charge in [-0.3, -0.25) is 4.79 Å². The van der Waals surface area contributed by atoms with E-state index in [2.05, 4.69) is 5.32 Å². The minimum atomic E-state index is -0.0302. The summed E-state index contributed by atoms with van der Waals surface area (Å²) in [6, 6.07) is -0.0302. The van der Waals surface area contributed by atoms with Crippen LogP contribution in [0.4, 0.5) is 0 Å². The van der Waals surface area contributed by atoms with Crippen LogP contribution in [0.15, 0.2) is 0 Å². The van der Waals surface area contributed by atoms with E-state index in [1.165, 1.54) is 44.9 Å². The summed E-state index contributed by atoms with van der Waals surface area (Å²) < 4.78 is 0. The van der Waals surface area contributed by atoms with Gasteiger partial charge in [0, 0.05) is 19.0 Å². The SMILES string of the molecule is CC(N)CC(=O)NCC1CCCCCCC1.Cl. The minimum Gasteiger partial charge on any atom is -0.356 e. The zero-order valence-electron chi connectivity index (χ0n) is 10.9. The summed E-state index contributed by atoms with van der Waals surface area (Å²) in [6.45, 7) is 2.72. The molecular formula is C13H27ClN2O. The molecule has 1 unspecified atom stereocenters. The molecule has 1 rings (SSSR count). The van der Waals surface area contributed by atoms with Crippen molar-refractivity contribution in [2.45, 2.75) is 64.3 Å². The van der Waals surface area contributed by atoms with Crippen LogP contribution in [0.5, 0.6) is 0 Å². The van der Waals surface area contributed by atoms with E-state index in [1.807, 2.05) is 6.92 Å². The molecule has 3 nitrogen and oxygen atoms in total. The minimum absolute atomic E-state index is 0. The lowest BCUT2D eigenvalue weighted by atomic mass is 9.91. The Morgan fingerprint density at radius 2 is 1.76 bits per heavy atom. The molecule has 0 heterocycles. The van der Waals surface area contributed by atoms with E-state index in [4.69, 9.17) is 5.73 Å². The largest absolute Gasteiger partial charge is 0.356 e. The standard InChI is InChI=1S/C13H26N2O.ClH/c1-11(14)9-13(16)15-10-12-7-5-3-2-4-6-8-12;/h11-12H,2-10,14H2,1H3,(H,15,16);1H. The van der Waals surface area contributed by atoms with Crippen LogP contribution < -0.4 is 11.1 Å². The van der Waals surface area contributed by atoms with Crippen LogP contribution in [0, 0.1) is 5.92 Å². The van der Waals surface area contributed by atoms with E-state index >= 15 is 0 Å². The zero-order chi connectivity index (χ0) is 11.8. The van der Waals surface area contributed by atoms with Crippen LogP contribution in [0.1, 0.15) is 58.3 Å². The van der Waals surface area contributed by atoms with Gasteiger partial charge >= 0.3 is 0 Å². The number of carbonyl (C=O) groups is 1. The Kier molecular flexibility index (Phi) is 9.56. The van der Waals surface area contributed by atoms with Crippen molar-refractivity contribution in [3.05, 3.63) is 0 Å². The Morgan fingerprint density at radius 1 is 1.24 bits per heavy atom. The number of nitrogens with one attached hydrogen (secondary N) is 1. The van der Waals surface area contributed by atoms with Gasteiger partial charge < -0.3 is 11.1 Å². The van der Waals surface area contributed by atoms with Gasteiger partial charge in [0.1, 0.15) is 0 Å². The van der Waals surface area contributed by atoms with E-state index < -0.39 is 0 Å². The highest BCUT2D eigenvalue weighted by Crippen LogP contribution is 2.21. The molecule has 0 saturated heterocycles. The monoisotopic (exact) mass is 262 g/mol. The van der Waals surface area contributed by atoms with Gasteiger partial charge in [0.25, 0.3) is 0 Å². The average Bonchev–Trinajstić information content (AvgIpc) is 2.14. The predicted molar refractivity (Wildman–Crippen MR) is 74.3 cm³/mol. The first-order chi connectivity index (χ1) is 7.68. The van der Waals surface area contributed by atoms with Crippen LogP contribution in [0.2, 0.25) is 0 Å². The molecule has 0 aromatic heterocycles. The van der Waals surface area contributed by atoms with Crippen molar-refractivity contribution in [2.75, 3.05) is 6.54 Å². The molecule has 1 amide bonds. The predicted octanol–water partition coefficient (Wildman–Crippen LogP) is 2.62. The molecule has 1 aliphatic carbocycles. The topological polar surface area (TPSA) is 55.1 Å². The van der Waals surface area contributed by atoms with Crippen molar-refractivity contribution in [1.29, 1.82) is 0 Å². The molecular weight excluding hydrogens is 236 g/mol. The average molecular weight is 263 g/mol. The maximum Gasteiger partial charge on any atom is 0.221 e. The van der Waals surface area contributed by atoms with E-state index in [0.717, 1.165) is 6.54 Å². The molecule has 0 aliphatic heterocycles. The van der Waals surface area contributed by atoms with Gasteiger partial charge in [0.15, 0.2) is 0 Å². The normalized spacial score (nSPS) is 19.6. The number of amides is 1. The molecule has 0 bridgehead atoms. The smallest absolute Gasteiger partial charge is 0.221 e. The fraction of sp³-hybridized carbons (Fsp3) is 0.923. The van der Waals surface area contributed by atoms with Crippen molar-refractivity contribution in [2.24, 2.45) is 11.7 Å². The Bertz CT molecular complexity index is 202. The second-order valence-electron chi connectivity index (χ2n) is 5.20. The van der Waals surface area contributed by atoms with Crippen LogP contribution >= 0.6 is 12.4 Å². The van der Waals surface area contributed by atoms with Gasteiger partial charge in [-0.15, -0.1) is 12.4 Å². The molecule has 0 spiro atoms. The molecule has 4 heteroatoms. The molecule has 1 saturated carbocycles. The highest BCUT2D eigenvalue weighted by atomic mass is 35.5. The first kappa shape index (κ1) is 16.7. The van der Waals surface area contributed by atoms with E-state index in [0.29, 0.717) is 12.3 Å². The number of rotatable bonds is 4. The number of halogens is 1. The summed E-state index contributed by atoms with van der Waals surface area (Å²) in [5, 5.41) is 3.01. The molecule has 0 radical (unpaired) electrons. The van der Waals surface area contributed by atoms with Crippen molar-refractivity contribution in [1.82, 2.24) is 5.32 Å². The lowest BCUT2D eigenvalue weighted by molar-refractivity contribution is -0.121. The summed E-state index contributed by atoms with van der Waals surface area (Å²) >= 11 is 0. The zero-order valence-corrected chi connectivity index (χ0v) is 11.7. The Hall–Kier alpha value is -0.280. The summed E-state index contributed by atoms with van der Waals surface area (Å²) in [7, 11) is 0. The van der Waals surface area contributed by atoms with Crippen molar-refractivity contribution in [3.8, 4) is 0 Å². The van der Waals surface area contributed by atoms with E-state index in [-0.39, 0.29) is 24.4 Å². The summed E-state index contributed by atoms with van der Waals surface area (Å²) in [6.07, 6.45) is 9.78. The number of hydrogen-bond acceptors (Lipinski definition) is 2. The second kappa shape index (κ2) is 9.72. The first-order valence-electron chi connectivity index (χ1n) is 6.70. The third-order valence-electron chi connectivity index (χ3n) is 3.32. The maximum atomic E-state index is 11.5. The van der Waals surface area contributed by atoms with Crippen molar-refractivity contribution >= 4 is 18.3 Å². The molecule has 1 aliphatic rings. The van der Waals surface area contributed by atoms with Crippen LogP contribution in [-0.4, -0.2) is 18.5 Å². The van der Waals surface area contributed by atoms with Gasteiger partial charge in [-0.1, -0.05) is 32.1 Å². The third kappa shape index (κ3) is 8.44. The van der Waals surface area contributed by atoms with E-state index in [9.17, 15) is 4.79 Å². The number of carbonyl (C=O) groups excluding carboxylic acids is 1. The Morgan fingerprint density at radius 3 is 2.29 bits per heavy atom. The van der Waals surface area contributed by atoms with Crippen LogP contribution in [-0.2, 0) is 4.79 Å². The van der Waals surface area contributed by atoms with Gasteiger partial charge in [-0.05, 0) is 25.7 Å². The summed E-state index contributed by atoms with van der Waals surface area (Å²) in [5.74, 6) is 0.800. The number of nitrogens with two attached hydrogens (primary N) is 1. The molecule has 0 aromatic carbocycles. The lowest BCUT2D eigenvalue weighted by Crippen LogP contribution is -2.33. The maximum absolute atomic E-state index is 11.5. The first-order valence-corrected chi connectivity index (χ1v) is 6.70. The summed E-state index contributed by atoms with van der Waals surface area (Å²) in [5.41, 5.74) is 5.59. The van der Waals surface area contributed by atoms with Crippen molar-refractivity contribution in [3.63, 3.8) is 0 Å². The molecule has 1 atom stereocenters. The third-order valence-corrected chi connectivity index (χ3v) is 3.32. The molecule has 1 fully saturated rings. The fourth-order valence-electron chi connectivity index (χ4n) is 2.37. The molecule has 102 valence electrons. The van der Waals surface area contributed by atoms with Gasteiger partial charge in [0.2, 0.25) is 5.91 Å². The molecule has 17 heavy (non-hydrogen) atoms. The Labute approximate surface area is 111 Å². The van der Waals surface area contributed by atoms with Gasteiger partial charge in [-0.25, -0.2) is 0 Å². The molecule has 0 aromatic rings. The van der Waals surface area contributed by atoms with Crippen LogP contribution in [0.3, 0.4) is 0 Å². The quantitative estimate of drug-likeness (QED) is 0.818.